The number of hydrogen-bond donors (Lipinski definition) is 1. The van der Waals surface area contributed by atoms with Gasteiger partial charge in [0.15, 0.2) is 0 Å². The first kappa shape index (κ1) is 18.8. The Kier molecular flexibility index (Phi) is 7.79. The molecule has 0 spiro atoms. The lowest BCUT2D eigenvalue weighted by Gasteiger charge is -2.21. The Labute approximate surface area is 149 Å². The van der Waals surface area contributed by atoms with Crippen LogP contribution in [-0.2, 0) is 9.53 Å². The fourth-order valence-electron chi connectivity index (χ4n) is 2.42. The van der Waals surface area contributed by atoms with Crippen molar-refractivity contribution in [1.29, 1.82) is 0 Å². The van der Waals surface area contributed by atoms with Crippen LogP contribution in [0.5, 0.6) is 5.75 Å². The summed E-state index contributed by atoms with van der Waals surface area (Å²) < 4.78 is 10.8. The summed E-state index contributed by atoms with van der Waals surface area (Å²) >= 11 is 0. The largest absolute Gasteiger partial charge is 0.491 e. The summed E-state index contributed by atoms with van der Waals surface area (Å²) in [5.41, 5.74) is 1.80. The summed E-state index contributed by atoms with van der Waals surface area (Å²) in [5, 5.41) is 3.16. The van der Waals surface area contributed by atoms with Crippen molar-refractivity contribution in [3.05, 3.63) is 54.6 Å². The monoisotopic (exact) mass is 342 g/mol. The Bertz CT molecular complexity index is 629. The number of carbonyl (C=O) groups excluding carboxylic acids is 1. The number of benzene rings is 2. The van der Waals surface area contributed by atoms with Gasteiger partial charge in [0.2, 0.25) is 5.91 Å². The highest BCUT2D eigenvalue weighted by atomic mass is 16.5. The van der Waals surface area contributed by atoms with Gasteiger partial charge in [0, 0.05) is 24.5 Å². The molecular formula is C20H26N2O3. The van der Waals surface area contributed by atoms with Crippen molar-refractivity contribution in [2.24, 2.45) is 0 Å². The number of para-hydroxylation sites is 1. The third-order valence-electron chi connectivity index (χ3n) is 3.68. The van der Waals surface area contributed by atoms with Crippen molar-refractivity contribution >= 4 is 17.3 Å². The first-order valence-corrected chi connectivity index (χ1v) is 8.64. The molecule has 0 aromatic heterocycles. The number of likely N-dealkylation sites (N-methyl/N-ethyl adjacent to an activating group) is 1. The Morgan fingerprint density at radius 1 is 1.00 bits per heavy atom. The molecule has 2 aromatic carbocycles. The molecule has 2 rings (SSSR count). The van der Waals surface area contributed by atoms with Gasteiger partial charge in [-0.15, -0.1) is 0 Å². The van der Waals surface area contributed by atoms with E-state index < -0.39 is 0 Å². The lowest BCUT2D eigenvalue weighted by molar-refractivity contribution is -0.116. The Balaban J connectivity index is 1.82. The molecule has 5 nitrogen and oxygen atoms in total. The van der Waals surface area contributed by atoms with E-state index in [1.54, 1.807) is 4.90 Å². The number of nitrogens with zero attached hydrogens (tertiary/aromatic N) is 1. The second kappa shape index (κ2) is 10.4. The highest BCUT2D eigenvalue weighted by Crippen LogP contribution is 2.16. The van der Waals surface area contributed by atoms with E-state index >= 15 is 0 Å². The van der Waals surface area contributed by atoms with Crippen LogP contribution in [-0.4, -0.2) is 38.8 Å². The SMILES string of the molecule is CCOCCOc1ccc(NCC(=O)N(CC)c2ccccc2)cc1. The number of ether oxygens (including phenoxy) is 2. The molecule has 0 heterocycles. The van der Waals surface area contributed by atoms with Gasteiger partial charge >= 0.3 is 0 Å². The van der Waals surface area contributed by atoms with Crippen molar-refractivity contribution in [2.45, 2.75) is 13.8 Å². The third-order valence-corrected chi connectivity index (χ3v) is 3.68. The third kappa shape index (κ3) is 6.12. The van der Waals surface area contributed by atoms with Crippen LogP contribution >= 0.6 is 0 Å². The minimum Gasteiger partial charge on any atom is -0.491 e. The van der Waals surface area contributed by atoms with Crippen molar-refractivity contribution in [2.75, 3.05) is 43.1 Å². The number of anilines is 2. The second-order valence-corrected chi connectivity index (χ2v) is 5.40. The van der Waals surface area contributed by atoms with Crippen molar-refractivity contribution < 1.29 is 14.3 Å². The average molecular weight is 342 g/mol. The van der Waals surface area contributed by atoms with Crippen LogP contribution < -0.4 is 15.0 Å². The Hall–Kier alpha value is -2.53. The highest BCUT2D eigenvalue weighted by Gasteiger charge is 2.13. The maximum absolute atomic E-state index is 12.4. The molecule has 0 bridgehead atoms. The zero-order valence-electron chi connectivity index (χ0n) is 14.9. The topological polar surface area (TPSA) is 50.8 Å². The fraction of sp³-hybridized carbons (Fsp3) is 0.350. The van der Waals surface area contributed by atoms with Crippen LogP contribution in [0.15, 0.2) is 54.6 Å². The van der Waals surface area contributed by atoms with E-state index in [1.165, 1.54) is 0 Å². The summed E-state index contributed by atoms with van der Waals surface area (Å²) in [4.78, 5) is 14.2. The number of carbonyl (C=O) groups is 1. The number of amides is 1. The van der Waals surface area contributed by atoms with Crippen LogP contribution in [0.4, 0.5) is 11.4 Å². The van der Waals surface area contributed by atoms with E-state index in [0.29, 0.717) is 26.4 Å². The van der Waals surface area contributed by atoms with Crippen molar-refractivity contribution in [3.63, 3.8) is 0 Å². The Morgan fingerprint density at radius 2 is 1.72 bits per heavy atom. The maximum Gasteiger partial charge on any atom is 0.246 e. The van der Waals surface area contributed by atoms with Gasteiger partial charge in [-0.2, -0.15) is 0 Å². The van der Waals surface area contributed by atoms with Crippen LogP contribution in [0.3, 0.4) is 0 Å². The molecule has 0 aliphatic heterocycles. The molecule has 0 saturated heterocycles. The number of rotatable bonds is 10. The lowest BCUT2D eigenvalue weighted by atomic mass is 10.2. The molecule has 0 radical (unpaired) electrons. The predicted octanol–water partition coefficient (Wildman–Crippen LogP) is 3.57. The quantitative estimate of drug-likeness (QED) is 0.671. The average Bonchev–Trinajstić information content (AvgIpc) is 2.66. The van der Waals surface area contributed by atoms with E-state index in [-0.39, 0.29) is 12.5 Å². The van der Waals surface area contributed by atoms with Crippen LogP contribution in [0.2, 0.25) is 0 Å². The first-order valence-electron chi connectivity index (χ1n) is 8.64. The minimum absolute atomic E-state index is 0.0331. The lowest BCUT2D eigenvalue weighted by Crippen LogP contribution is -2.35. The molecule has 1 N–H and O–H groups in total. The summed E-state index contributed by atoms with van der Waals surface area (Å²) in [5.74, 6) is 0.821. The van der Waals surface area contributed by atoms with E-state index in [1.807, 2.05) is 68.4 Å². The van der Waals surface area contributed by atoms with Crippen LogP contribution in [0, 0.1) is 0 Å². The van der Waals surface area contributed by atoms with Gasteiger partial charge in [-0.1, -0.05) is 18.2 Å². The standard InChI is InChI=1S/C20H26N2O3/c1-3-22(18-8-6-5-7-9-18)20(23)16-21-17-10-12-19(13-11-17)25-15-14-24-4-2/h5-13,21H,3-4,14-16H2,1-2H3. The zero-order valence-corrected chi connectivity index (χ0v) is 14.9. The molecule has 25 heavy (non-hydrogen) atoms. The van der Waals surface area contributed by atoms with E-state index in [0.717, 1.165) is 17.1 Å². The molecule has 0 atom stereocenters. The van der Waals surface area contributed by atoms with Gasteiger partial charge in [-0.25, -0.2) is 0 Å². The molecule has 1 amide bonds. The smallest absolute Gasteiger partial charge is 0.246 e. The summed E-state index contributed by atoms with van der Waals surface area (Å²) in [7, 11) is 0. The molecule has 2 aromatic rings. The number of hydrogen-bond acceptors (Lipinski definition) is 4. The molecule has 0 aliphatic rings. The molecular weight excluding hydrogens is 316 g/mol. The predicted molar refractivity (Wildman–Crippen MR) is 101 cm³/mol. The molecule has 5 heteroatoms. The highest BCUT2D eigenvalue weighted by molar-refractivity contribution is 5.96. The van der Waals surface area contributed by atoms with Gasteiger partial charge in [-0.3, -0.25) is 4.79 Å². The van der Waals surface area contributed by atoms with Crippen LogP contribution in [0.1, 0.15) is 13.8 Å². The van der Waals surface area contributed by atoms with E-state index in [2.05, 4.69) is 5.32 Å². The molecule has 0 saturated carbocycles. The normalized spacial score (nSPS) is 10.3. The van der Waals surface area contributed by atoms with Gasteiger partial charge in [0.1, 0.15) is 12.4 Å². The van der Waals surface area contributed by atoms with Gasteiger partial charge in [0.05, 0.1) is 13.2 Å². The molecule has 0 aliphatic carbocycles. The molecule has 0 fully saturated rings. The van der Waals surface area contributed by atoms with Crippen LogP contribution in [0.25, 0.3) is 0 Å². The number of nitrogens with one attached hydrogen (secondary N) is 1. The summed E-state index contributed by atoms with van der Waals surface area (Å²) in [6.45, 7) is 6.61. The summed E-state index contributed by atoms with van der Waals surface area (Å²) in [6, 6.07) is 17.3. The van der Waals surface area contributed by atoms with Gasteiger partial charge in [-0.05, 0) is 50.2 Å². The first-order chi connectivity index (χ1) is 12.2. The maximum atomic E-state index is 12.4. The van der Waals surface area contributed by atoms with E-state index in [4.69, 9.17) is 9.47 Å². The summed E-state index contributed by atoms with van der Waals surface area (Å²) in [6.07, 6.45) is 0. The minimum atomic E-state index is 0.0331. The van der Waals surface area contributed by atoms with Crippen molar-refractivity contribution in [3.8, 4) is 5.75 Å². The second-order valence-electron chi connectivity index (χ2n) is 5.40. The Morgan fingerprint density at radius 3 is 2.36 bits per heavy atom. The fourth-order valence-corrected chi connectivity index (χ4v) is 2.42. The molecule has 0 unspecified atom stereocenters. The van der Waals surface area contributed by atoms with Gasteiger partial charge < -0.3 is 19.7 Å². The zero-order chi connectivity index (χ0) is 17.9. The molecule has 134 valence electrons. The van der Waals surface area contributed by atoms with Gasteiger partial charge in [0.25, 0.3) is 0 Å². The van der Waals surface area contributed by atoms with E-state index in [9.17, 15) is 4.79 Å². The van der Waals surface area contributed by atoms with Crippen molar-refractivity contribution in [1.82, 2.24) is 0 Å².